The van der Waals surface area contributed by atoms with E-state index < -0.39 is 23.3 Å². The highest BCUT2D eigenvalue weighted by Gasteiger charge is 2.78. The number of aliphatic carboxylic acids is 1. The van der Waals surface area contributed by atoms with Gasteiger partial charge in [0, 0.05) is 24.9 Å². The topological polar surface area (TPSA) is 96.2 Å². The first-order chi connectivity index (χ1) is 27.1. The molecule has 0 amide bonds. The summed E-state index contributed by atoms with van der Waals surface area (Å²) in [5.41, 5.74) is 1.80. The van der Waals surface area contributed by atoms with Crippen molar-refractivity contribution in [3.63, 3.8) is 0 Å². The molecule has 1 aliphatic heterocycles. The van der Waals surface area contributed by atoms with Crippen molar-refractivity contribution in [3.05, 3.63) is 35.4 Å². The minimum absolute atomic E-state index is 0.00998. The molecule has 1 spiro atoms. The standard InChI is InChI=1S/C51H80O6/c1-7-13-40-50-24-21-39-47(4,43(50)38(52)33-51(40,55)57-42(50)32-37-19-17-36(18-20-37)22-31-56-6)28-30-49(23-12-8-9-14-35-15-10-11-16-35)41-34-46(3,44(53)54)26-25-45(41,2)27-29-48(39,49)5/h17-20,35,38-43,52,55H,7-16,21-34H2,1-6H3,(H,53,54)/t38-,39-,40+,41+,42-,43-,45+,46+,47+,48+,49-,50+,51-/m0/s1. The first-order valence-electron chi connectivity index (χ1n) is 24.0. The summed E-state index contributed by atoms with van der Waals surface area (Å²) in [5.74, 6) is -0.0479. The van der Waals surface area contributed by atoms with E-state index >= 15 is 0 Å². The molecule has 1 aromatic carbocycles. The molecular weight excluding hydrogens is 709 g/mol. The molecule has 6 saturated carbocycles. The Bertz CT molecular complexity index is 1590. The van der Waals surface area contributed by atoms with Crippen LogP contribution in [0.15, 0.2) is 24.3 Å². The normalized spacial score (nSPS) is 46.5. The predicted octanol–water partition coefficient (Wildman–Crippen LogP) is 11.3. The van der Waals surface area contributed by atoms with Gasteiger partial charge >= 0.3 is 5.97 Å². The molecular formula is C51H80O6. The van der Waals surface area contributed by atoms with E-state index in [2.05, 4.69) is 58.9 Å². The summed E-state index contributed by atoms with van der Waals surface area (Å²) >= 11 is 0. The third-order valence-corrected chi connectivity index (χ3v) is 20.0. The summed E-state index contributed by atoms with van der Waals surface area (Å²) in [6.45, 7) is 12.8. The van der Waals surface area contributed by atoms with E-state index in [0.717, 1.165) is 76.5 Å². The molecule has 0 aromatic heterocycles. The van der Waals surface area contributed by atoms with Crippen LogP contribution in [0, 0.1) is 62.1 Å². The summed E-state index contributed by atoms with van der Waals surface area (Å²) in [6.07, 6.45) is 24.6. The fourth-order valence-electron chi connectivity index (χ4n) is 17.1. The van der Waals surface area contributed by atoms with Crippen LogP contribution >= 0.6 is 0 Å². The molecule has 6 heteroatoms. The average Bonchev–Trinajstić information content (AvgIpc) is 3.74. The van der Waals surface area contributed by atoms with Crippen molar-refractivity contribution in [1.29, 1.82) is 0 Å². The number of hydrogen-bond donors (Lipinski definition) is 3. The summed E-state index contributed by atoms with van der Waals surface area (Å²) in [7, 11) is 1.75. The third-order valence-electron chi connectivity index (χ3n) is 20.0. The quantitative estimate of drug-likeness (QED) is 0.163. The second-order valence-electron chi connectivity index (χ2n) is 22.6. The smallest absolute Gasteiger partial charge is 0.309 e. The Hall–Kier alpha value is -1.47. The maximum absolute atomic E-state index is 13.0. The van der Waals surface area contributed by atoms with Crippen molar-refractivity contribution in [2.24, 2.45) is 62.1 Å². The van der Waals surface area contributed by atoms with E-state index in [-0.39, 0.29) is 45.0 Å². The van der Waals surface area contributed by atoms with Crippen LogP contribution in [-0.2, 0) is 27.1 Å². The van der Waals surface area contributed by atoms with Crippen LogP contribution in [0.4, 0.5) is 0 Å². The minimum atomic E-state index is -1.30. The van der Waals surface area contributed by atoms with Gasteiger partial charge in [-0.05, 0) is 147 Å². The van der Waals surface area contributed by atoms with Gasteiger partial charge < -0.3 is 24.8 Å². The number of carbonyl (C=O) groups is 1. The van der Waals surface area contributed by atoms with Crippen molar-refractivity contribution >= 4 is 5.97 Å². The van der Waals surface area contributed by atoms with Gasteiger partial charge in [-0.3, -0.25) is 4.79 Å². The number of methoxy groups -OCH3 is 1. The first kappa shape index (κ1) is 42.2. The number of carboxylic acid groups (broad SMARTS) is 1. The van der Waals surface area contributed by atoms with Gasteiger partial charge in [-0.25, -0.2) is 0 Å². The van der Waals surface area contributed by atoms with Crippen LogP contribution < -0.4 is 0 Å². The van der Waals surface area contributed by atoms with Crippen molar-refractivity contribution in [1.82, 2.24) is 0 Å². The Morgan fingerprint density at radius 3 is 2.26 bits per heavy atom. The number of ether oxygens (including phenoxy) is 2. The van der Waals surface area contributed by atoms with E-state index in [1.165, 1.54) is 81.8 Å². The second kappa shape index (κ2) is 15.5. The van der Waals surface area contributed by atoms with Crippen LogP contribution in [0.2, 0.25) is 0 Å². The number of carboxylic acids is 1. The Labute approximate surface area is 346 Å². The van der Waals surface area contributed by atoms with Gasteiger partial charge in [-0.15, -0.1) is 0 Å². The van der Waals surface area contributed by atoms with E-state index in [0.29, 0.717) is 24.9 Å². The molecule has 8 rings (SSSR count). The van der Waals surface area contributed by atoms with E-state index in [9.17, 15) is 20.1 Å². The van der Waals surface area contributed by atoms with Gasteiger partial charge in [0.05, 0.1) is 24.2 Å². The van der Waals surface area contributed by atoms with E-state index in [4.69, 9.17) is 9.47 Å². The molecule has 0 unspecified atom stereocenters. The zero-order chi connectivity index (χ0) is 40.5. The molecule has 3 N–H and O–H groups in total. The first-order valence-corrected chi connectivity index (χ1v) is 24.0. The van der Waals surface area contributed by atoms with E-state index in [1.54, 1.807) is 7.11 Å². The Morgan fingerprint density at radius 2 is 1.56 bits per heavy atom. The number of unbranched alkanes of at least 4 members (excludes halogenated alkanes) is 2. The molecule has 2 bridgehead atoms. The number of rotatable bonds is 14. The molecule has 7 aliphatic rings. The molecule has 320 valence electrons. The number of aliphatic hydroxyl groups excluding tert-OH is 1. The number of benzene rings is 1. The summed E-state index contributed by atoms with van der Waals surface area (Å²) in [4.78, 5) is 13.0. The lowest BCUT2D eigenvalue weighted by Gasteiger charge is -2.76. The maximum Gasteiger partial charge on any atom is 0.309 e. The molecule has 1 saturated heterocycles. The minimum Gasteiger partial charge on any atom is -0.481 e. The zero-order valence-electron chi connectivity index (χ0n) is 36.9. The van der Waals surface area contributed by atoms with Crippen molar-refractivity contribution in [2.45, 2.75) is 200 Å². The van der Waals surface area contributed by atoms with Crippen LogP contribution in [0.3, 0.4) is 0 Å². The van der Waals surface area contributed by atoms with Crippen LogP contribution in [0.25, 0.3) is 0 Å². The van der Waals surface area contributed by atoms with Crippen LogP contribution in [0.1, 0.15) is 181 Å². The van der Waals surface area contributed by atoms with Gasteiger partial charge in [-0.1, -0.05) is 110 Å². The number of hydrogen-bond acceptors (Lipinski definition) is 5. The number of fused-ring (bicyclic) bond motifs is 7. The van der Waals surface area contributed by atoms with Crippen LogP contribution in [-0.4, -0.2) is 53.0 Å². The Balaban J connectivity index is 1.15. The highest BCUT2D eigenvalue weighted by molar-refractivity contribution is 5.74. The van der Waals surface area contributed by atoms with E-state index in [1.807, 2.05) is 0 Å². The lowest BCUT2D eigenvalue weighted by atomic mass is 9.28. The fraction of sp³-hybridized carbons (Fsp3) is 0.863. The maximum atomic E-state index is 13.0. The fourth-order valence-corrected chi connectivity index (χ4v) is 17.1. The van der Waals surface area contributed by atoms with Gasteiger partial charge in [0.1, 0.15) is 0 Å². The largest absolute Gasteiger partial charge is 0.481 e. The third kappa shape index (κ3) is 6.64. The Morgan fingerprint density at radius 1 is 0.842 bits per heavy atom. The lowest BCUT2D eigenvalue weighted by molar-refractivity contribution is -0.293. The summed E-state index contributed by atoms with van der Waals surface area (Å²) in [5, 5.41) is 35.8. The molecule has 13 atom stereocenters. The zero-order valence-corrected chi connectivity index (χ0v) is 36.9. The number of aliphatic hydroxyl groups is 2. The molecule has 6 aliphatic carbocycles. The van der Waals surface area contributed by atoms with Gasteiger partial charge in [0.2, 0.25) is 0 Å². The second-order valence-corrected chi connectivity index (χ2v) is 22.6. The summed E-state index contributed by atoms with van der Waals surface area (Å²) in [6, 6.07) is 8.96. The van der Waals surface area contributed by atoms with Gasteiger partial charge in [0.15, 0.2) is 5.79 Å². The van der Waals surface area contributed by atoms with Crippen LogP contribution in [0.5, 0.6) is 0 Å². The van der Waals surface area contributed by atoms with Gasteiger partial charge in [0.25, 0.3) is 0 Å². The monoisotopic (exact) mass is 789 g/mol. The molecule has 1 aromatic rings. The Kier molecular flexibility index (Phi) is 11.5. The van der Waals surface area contributed by atoms with Crippen molar-refractivity contribution in [3.8, 4) is 0 Å². The lowest BCUT2D eigenvalue weighted by Crippen LogP contribution is -2.71. The summed E-state index contributed by atoms with van der Waals surface area (Å²) < 4.78 is 12.4. The molecule has 57 heavy (non-hydrogen) atoms. The molecule has 7 fully saturated rings. The molecule has 6 nitrogen and oxygen atoms in total. The van der Waals surface area contributed by atoms with Crippen molar-refractivity contribution < 1.29 is 29.6 Å². The predicted molar refractivity (Wildman–Crippen MR) is 227 cm³/mol. The van der Waals surface area contributed by atoms with Crippen molar-refractivity contribution in [2.75, 3.05) is 13.7 Å². The highest BCUT2D eigenvalue weighted by Crippen LogP contribution is 2.81. The average molecular weight is 789 g/mol. The van der Waals surface area contributed by atoms with Gasteiger partial charge in [-0.2, -0.15) is 0 Å². The molecule has 0 radical (unpaired) electrons. The SMILES string of the molecule is CCC[C@@H]1[C@@]23CC[C@H]4[C@@](C)(CC[C@@]5(CCCCCC6CCCC6)[C@@H]6C[C@](C)(C(=O)O)CC[C@]6(C)CC[C@]45C)[C@@H]2[C@@H](O)C[C@]1(O)O[C@H]3Cc1ccc(CCOC)cc1. The highest BCUT2D eigenvalue weighted by atomic mass is 16.6. The molecule has 1 heterocycles.